The Hall–Kier alpha value is -3.73. The van der Waals surface area contributed by atoms with Gasteiger partial charge in [-0.25, -0.2) is 4.39 Å². The van der Waals surface area contributed by atoms with Crippen LogP contribution in [-0.2, 0) is 6.42 Å². The van der Waals surface area contributed by atoms with E-state index >= 15 is 0 Å². The Bertz CT molecular complexity index is 1450. The maximum Gasteiger partial charge on any atom is 0.251 e. The molecule has 0 radical (unpaired) electrons. The molecule has 0 unspecified atom stereocenters. The van der Waals surface area contributed by atoms with Crippen LogP contribution >= 0.6 is 0 Å². The molecule has 1 aromatic heterocycles. The fourth-order valence-electron chi connectivity index (χ4n) is 4.56. The molecule has 0 aliphatic carbocycles. The van der Waals surface area contributed by atoms with Crippen LogP contribution < -0.4 is 5.32 Å². The zero-order valence-electron chi connectivity index (χ0n) is 22.9. The van der Waals surface area contributed by atoms with E-state index in [0.29, 0.717) is 58.2 Å². The largest absolute Gasteiger partial charge is 0.455 e. The quantitative estimate of drug-likeness (QED) is 0.216. The van der Waals surface area contributed by atoms with Gasteiger partial charge in [0.05, 0.1) is 5.56 Å². The average molecular weight is 514 g/mol. The van der Waals surface area contributed by atoms with Crippen LogP contribution in [0.25, 0.3) is 33.4 Å². The van der Waals surface area contributed by atoms with Crippen molar-refractivity contribution in [2.45, 2.75) is 53.9 Å². The van der Waals surface area contributed by atoms with Gasteiger partial charge >= 0.3 is 0 Å². The zero-order valence-corrected chi connectivity index (χ0v) is 22.9. The minimum Gasteiger partial charge on any atom is -0.455 e. The smallest absolute Gasteiger partial charge is 0.251 e. The number of halogens is 1. The van der Waals surface area contributed by atoms with Crippen LogP contribution in [0.2, 0.25) is 0 Å². The number of Topliss-reactive ketones (excluding diaryl/α,β-unsaturated/α-hetero) is 1. The van der Waals surface area contributed by atoms with Crippen molar-refractivity contribution in [1.82, 2.24) is 5.32 Å². The summed E-state index contributed by atoms with van der Waals surface area (Å²) in [4.78, 5) is 26.2. The van der Waals surface area contributed by atoms with Crippen molar-refractivity contribution in [1.29, 1.82) is 0 Å². The van der Waals surface area contributed by atoms with E-state index in [2.05, 4.69) is 33.0 Å². The summed E-state index contributed by atoms with van der Waals surface area (Å²) in [5, 5.41) is 3.78. The molecular weight excluding hydrogens is 477 g/mol. The maximum atomic E-state index is 13.5. The monoisotopic (exact) mass is 513 g/mol. The summed E-state index contributed by atoms with van der Waals surface area (Å²) in [6, 6.07) is 17.8. The van der Waals surface area contributed by atoms with E-state index in [9.17, 15) is 14.0 Å². The molecule has 0 fully saturated rings. The van der Waals surface area contributed by atoms with Gasteiger partial charge in [-0.2, -0.15) is 0 Å². The number of nitrogens with one attached hydrogen (secondary N) is 1. The summed E-state index contributed by atoms with van der Waals surface area (Å²) >= 11 is 0. The molecule has 5 heteroatoms. The second kappa shape index (κ2) is 11.8. The highest BCUT2D eigenvalue weighted by Gasteiger charge is 2.22. The summed E-state index contributed by atoms with van der Waals surface area (Å²) < 4.78 is 19.7. The first kappa shape index (κ1) is 27.3. The van der Waals surface area contributed by atoms with Crippen LogP contribution in [0.5, 0.6) is 0 Å². The van der Waals surface area contributed by atoms with Gasteiger partial charge in [0.15, 0.2) is 5.78 Å². The van der Waals surface area contributed by atoms with Gasteiger partial charge in [-0.15, -0.1) is 0 Å². The zero-order chi connectivity index (χ0) is 27.4. The van der Waals surface area contributed by atoms with E-state index in [4.69, 9.17) is 4.42 Å². The number of carbonyl (C=O) groups is 2. The highest BCUT2D eigenvalue weighted by molar-refractivity contribution is 6.12. The minimum atomic E-state index is -0.347. The molecule has 0 saturated heterocycles. The molecule has 4 rings (SSSR count). The van der Waals surface area contributed by atoms with E-state index in [1.54, 1.807) is 12.1 Å². The van der Waals surface area contributed by atoms with E-state index in [1.807, 2.05) is 43.3 Å². The third-order valence-electron chi connectivity index (χ3n) is 6.74. The van der Waals surface area contributed by atoms with Gasteiger partial charge in [-0.3, -0.25) is 9.59 Å². The number of fused-ring (bicyclic) bond motifs is 1. The van der Waals surface area contributed by atoms with Crippen LogP contribution in [0.1, 0.15) is 73.7 Å². The highest BCUT2D eigenvalue weighted by atomic mass is 19.1. The highest BCUT2D eigenvalue weighted by Crippen LogP contribution is 2.37. The maximum absolute atomic E-state index is 13.5. The Morgan fingerprint density at radius 3 is 2.18 bits per heavy atom. The molecule has 0 saturated carbocycles. The van der Waals surface area contributed by atoms with Gasteiger partial charge < -0.3 is 9.73 Å². The van der Waals surface area contributed by atoms with Crippen molar-refractivity contribution >= 4 is 22.7 Å². The Morgan fingerprint density at radius 2 is 1.53 bits per heavy atom. The summed E-state index contributed by atoms with van der Waals surface area (Å²) in [5.41, 5.74) is 5.26. The van der Waals surface area contributed by atoms with Crippen LogP contribution in [0.4, 0.5) is 4.39 Å². The Kier molecular flexibility index (Phi) is 8.45. The molecule has 4 nitrogen and oxygen atoms in total. The van der Waals surface area contributed by atoms with E-state index < -0.39 is 0 Å². The second-order valence-corrected chi connectivity index (χ2v) is 10.7. The molecule has 0 bridgehead atoms. The SMILES string of the molecule is CCC(=O)c1c(-c2ccc(F)cc2)oc2ccc(-c3ccc(CCC(C)C)c(C(=O)NCC(C)C)c3)cc12. The molecule has 198 valence electrons. The number of amides is 1. The lowest BCUT2D eigenvalue weighted by atomic mass is 9.93. The molecule has 1 N–H and O–H groups in total. The standard InChI is InChI=1S/C33H36FNO3/c1-6-29(36)31-28-18-25(13-16-30(28)38-32(31)23-11-14-26(34)15-12-23)24-10-9-22(8-7-20(2)3)27(17-24)33(37)35-19-21(4)5/h9-18,20-21H,6-8,19H2,1-5H3,(H,35,37). The molecule has 3 aromatic carbocycles. The molecular formula is C33H36FNO3. The number of hydrogen-bond donors (Lipinski definition) is 1. The Balaban J connectivity index is 1.80. The third kappa shape index (κ3) is 6.04. The van der Waals surface area contributed by atoms with Gasteiger partial charge in [0, 0.05) is 29.5 Å². The van der Waals surface area contributed by atoms with Crippen molar-refractivity contribution < 1.29 is 18.4 Å². The number of carbonyl (C=O) groups excluding carboxylic acids is 2. The van der Waals surface area contributed by atoms with Gasteiger partial charge in [0.2, 0.25) is 0 Å². The predicted molar refractivity (Wildman–Crippen MR) is 152 cm³/mol. The van der Waals surface area contributed by atoms with Crippen molar-refractivity contribution in [3.05, 3.63) is 83.2 Å². The molecule has 0 spiro atoms. The fourth-order valence-corrected chi connectivity index (χ4v) is 4.56. The lowest BCUT2D eigenvalue weighted by Crippen LogP contribution is -2.28. The Labute approximate surface area is 224 Å². The first-order valence-corrected chi connectivity index (χ1v) is 13.4. The number of furan rings is 1. The second-order valence-electron chi connectivity index (χ2n) is 10.7. The molecule has 0 aliphatic heterocycles. The lowest BCUT2D eigenvalue weighted by Gasteiger charge is -2.14. The normalized spacial score (nSPS) is 11.5. The minimum absolute atomic E-state index is 0.0435. The van der Waals surface area contributed by atoms with Crippen LogP contribution in [0.15, 0.2) is 65.1 Å². The first-order chi connectivity index (χ1) is 18.2. The predicted octanol–water partition coefficient (Wildman–Crippen LogP) is 8.47. The molecule has 1 heterocycles. The first-order valence-electron chi connectivity index (χ1n) is 13.4. The summed E-state index contributed by atoms with van der Waals surface area (Å²) in [7, 11) is 0. The summed E-state index contributed by atoms with van der Waals surface area (Å²) in [6.07, 6.45) is 2.15. The van der Waals surface area contributed by atoms with Crippen LogP contribution in [0, 0.1) is 17.7 Å². The Morgan fingerprint density at radius 1 is 0.868 bits per heavy atom. The van der Waals surface area contributed by atoms with E-state index in [0.717, 1.165) is 29.5 Å². The van der Waals surface area contributed by atoms with Crippen molar-refractivity contribution in [2.24, 2.45) is 11.8 Å². The topological polar surface area (TPSA) is 59.3 Å². The number of hydrogen-bond acceptors (Lipinski definition) is 3. The summed E-state index contributed by atoms with van der Waals surface area (Å²) in [5.74, 6) is 0.883. The van der Waals surface area contributed by atoms with E-state index in [-0.39, 0.29) is 17.5 Å². The lowest BCUT2D eigenvalue weighted by molar-refractivity contribution is 0.0946. The molecule has 0 aliphatic rings. The third-order valence-corrected chi connectivity index (χ3v) is 6.74. The molecule has 4 aromatic rings. The van der Waals surface area contributed by atoms with E-state index in [1.165, 1.54) is 12.1 Å². The number of aryl methyl sites for hydroxylation is 1. The number of ketones is 1. The van der Waals surface area contributed by atoms with Gasteiger partial charge in [-0.05, 0) is 83.8 Å². The van der Waals surface area contributed by atoms with Crippen LogP contribution in [-0.4, -0.2) is 18.2 Å². The van der Waals surface area contributed by atoms with Crippen molar-refractivity contribution in [2.75, 3.05) is 6.54 Å². The number of benzene rings is 3. The number of rotatable bonds is 10. The molecule has 1 amide bonds. The van der Waals surface area contributed by atoms with Gasteiger partial charge in [-0.1, -0.05) is 52.8 Å². The molecule has 0 atom stereocenters. The van der Waals surface area contributed by atoms with Crippen LogP contribution in [0.3, 0.4) is 0 Å². The fraction of sp³-hybridized carbons (Fsp3) is 0.333. The van der Waals surface area contributed by atoms with Gasteiger partial charge in [0.1, 0.15) is 17.2 Å². The van der Waals surface area contributed by atoms with Crippen molar-refractivity contribution in [3.8, 4) is 22.5 Å². The average Bonchev–Trinajstić information content (AvgIpc) is 3.29. The van der Waals surface area contributed by atoms with Crippen molar-refractivity contribution in [3.63, 3.8) is 0 Å². The van der Waals surface area contributed by atoms with Gasteiger partial charge in [0.25, 0.3) is 5.91 Å². The molecule has 38 heavy (non-hydrogen) atoms. The summed E-state index contributed by atoms with van der Waals surface area (Å²) in [6.45, 7) is 10.9.